The number of thiophene rings is 1. The normalized spacial score (nSPS) is 8.82. The van der Waals surface area contributed by atoms with Gasteiger partial charge in [0, 0.05) is 12.3 Å². The first-order valence-corrected chi connectivity index (χ1v) is 4.93. The second kappa shape index (κ2) is 5.23. The van der Waals surface area contributed by atoms with E-state index in [1.165, 1.54) is 0 Å². The minimum atomic E-state index is 0.707. The largest absolute Gasteiger partial charge is 0.135 e. The van der Waals surface area contributed by atoms with Gasteiger partial charge in [0.2, 0.25) is 0 Å². The number of hydrogen-bond donors (Lipinski definition) is 0. The van der Waals surface area contributed by atoms with E-state index in [1.807, 2.05) is 17.5 Å². The number of alkyl halides is 1. The lowest BCUT2D eigenvalue weighted by atomic mass is 10.3. The van der Waals surface area contributed by atoms with Gasteiger partial charge in [0.1, 0.15) is 0 Å². The summed E-state index contributed by atoms with van der Waals surface area (Å²) in [5, 5.41) is 2.03. The van der Waals surface area contributed by atoms with Crippen LogP contribution in [0.4, 0.5) is 0 Å². The third-order valence-corrected chi connectivity index (χ3v) is 2.22. The van der Waals surface area contributed by atoms with E-state index >= 15 is 0 Å². The van der Waals surface area contributed by atoms with Crippen molar-refractivity contribution >= 4 is 22.9 Å². The van der Waals surface area contributed by atoms with E-state index in [1.54, 1.807) is 11.3 Å². The molecule has 0 bridgehead atoms. The van der Waals surface area contributed by atoms with Crippen LogP contribution in [0.5, 0.6) is 0 Å². The molecular weight excluding hydrogens is 176 g/mol. The summed E-state index contributed by atoms with van der Waals surface area (Å²) in [5.41, 5.74) is 0. The maximum absolute atomic E-state index is 5.50. The maximum Gasteiger partial charge on any atom is 0.0768 e. The third-order valence-electron chi connectivity index (χ3n) is 1.17. The summed E-state index contributed by atoms with van der Waals surface area (Å²) >= 11 is 7.17. The van der Waals surface area contributed by atoms with Gasteiger partial charge in [-0.15, -0.1) is 22.9 Å². The molecule has 1 rings (SSSR count). The van der Waals surface area contributed by atoms with Crippen molar-refractivity contribution in [3.63, 3.8) is 0 Å². The van der Waals surface area contributed by atoms with Gasteiger partial charge in [0.15, 0.2) is 0 Å². The van der Waals surface area contributed by atoms with Gasteiger partial charge < -0.3 is 0 Å². The molecule has 1 heterocycles. The zero-order valence-corrected chi connectivity index (χ0v) is 7.71. The SMILES string of the molecule is ClCCCC#Cc1cccs1. The first-order valence-electron chi connectivity index (χ1n) is 3.52. The average Bonchev–Trinajstić information content (AvgIpc) is 2.50. The van der Waals surface area contributed by atoms with E-state index in [0.29, 0.717) is 5.88 Å². The molecule has 0 nitrogen and oxygen atoms in total. The minimum absolute atomic E-state index is 0.707. The van der Waals surface area contributed by atoms with Gasteiger partial charge in [-0.2, -0.15) is 0 Å². The predicted molar refractivity (Wildman–Crippen MR) is 51.2 cm³/mol. The summed E-state index contributed by atoms with van der Waals surface area (Å²) in [7, 11) is 0. The highest BCUT2D eigenvalue weighted by atomic mass is 35.5. The Morgan fingerprint density at radius 3 is 3.09 bits per heavy atom. The van der Waals surface area contributed by atoms with Crippen molar-refractivity contribution in [2.24, 2.45) is 0 Å². The Hall–Kier alpha value is -0.450. The smallest absolute Gasteiger partial charge is 0.0768 e. The molecule has 0 amide bonds. The highest BCUT2D eigenvalue weighted by molar-refractivity contribution is 7.10. The topological polar surface area (TPSA) is 0 Å². The zero-order chi connectivity index (χ0) is 7.94. The number of unbranched alkanes of at least 4 members (excludes halogenated alkanes) is 1. The van der Waals surface area contributed by atoms with Crippen LogP contribution in [0.2, 0.25) is 0 Å². The molecule has 0 aliphatic rings. The Balaban J connectivity index is 2.33. The van der Waals surface area contributed by atoms with Crippen LogP contribution in [-0.4, -0.2) is 5.88 Å². The highest BCUT2D eigenvalue weighted by Crippen LogP contribution is 2.05. The molecular formula is C9H9ClS. The molecule has 2 heteroatoms. The summed E-state index contributed by atoms with van der Waals surface area (Å²) in [6.07, 6.45) is 1.89. The van der Waals surface area contributed by atoms with Gasteiger partial charge in [-0.05, 0) is 17.9 Å². The molecule has 0 spiro atoms. The average molecular weight is 185 g/mol. The van der Waals surface area contributed by atoms with Crippen LogP contribution in [0.1, 0.15) is 17.7 Å². The Morgan fingerprint density at radius 2 is 2.45 bits per heavy atom. The zero-order valence-electron chi connectivity index (χ0n) is 6.14. The fraction of sp³-hybridized carbons (Fsp3) is 0.333. The van der Waals surface area contributed by atoms with E-state index in [4.69, 9.17) is 11.6 Å². The van der Waals surface area contributed by atoms with Crippen LogP contribution in [0.15, 0.2) is 17.5 Å². The molecule has 1 aromatic rings. The molecule has 0 fully saturated rings. The molecule has 0 N–H and O–H groups in total. The van der Waals surface area contributed by atoms with Gasteiger partial charge in [-0.3, -0.25) is 0 Å². The molecule has 0 aromatic carbocycles. The van der Waals surface area contributed by atoms with Crippen molar-refractivity contribution in [3.05, 3.63) is 22.4 Å². The summed E-state index contributed by atoms with van der Waals surface area (Å²) in [6, 6.07) is 4.04. The fourth-order valence-electron chi connectivity index (χ4n) is 0.655. The number of rotatable bonds is 2. The van der Waals surface area contributed by atoms with E-state index in [-0.39, 0.29) is 0 Å². The molecule has 1 aromatic heterocycles. The summed E-state index contributed by atoms with van der Waals surface area (Å²) in [5.74, 6) is 6.84. The van der Waals surface area contributed by atoms with Gasteiger partial charge in [-0.25, -0.2) is 0 Å². The van der Waals surface area contributed by atoms with Gasteiger partial charge in [0.05, 0.1) is 4.88 Å². The molecule has 0 radical (unpaired) electrons. The first-order chi connectivity index (χ1) is 5.43. The molecule has 0 saturated carbocycles. The van der Waals surface area contributed by atoms with Crippen molar-refractivity contribution in [2.75, 3.05) is 5.88 Å². The van der Waals surface area contributed by atoms with Crippen molar-refractivity contribution in [3.8, 4) is 11.8 Å². The Morgan fingerprint density at radius 1 is 1.55 bits per heavy atom. The van der Waals surface area contributed by atoms with Crippen LogP contribution in [0.3, 0.4) is 0 Å². The lowest BCUT2D eigenvalue weighted by Crippen LogP contribution is -1.71. The lowest BCUT2D eigenvalue weighted by Gasteiger charge is -1.81. The molecule has 0 unspecified atom stereocenters. The van der Waals surface area contributed by atoms with Gasteiger partial charge in [0.25, 0.3) is 0 Å². The lowest BCUT2D eigenvalue weighted by molar-refractivity contribution is 0.991. The van der Waals surface area contributed by atoms with Crippen LogP contribution in [0, 0.1) is 11.8 Å². The van der Waals surface area contributed by atoms with Crippen LogP contribution >= 0.6 is 22.9 Å². The third kappa shape index (κ3) is 3.46. The summed E-state index contributed by atoms with van der Waals surface area (Å²) in [4.78, 5) is 1.14. The Labute approximate surface area is 76.2 Å². The second-order valence-electron chi connectivity index (χ2n) is 2.07. The molecule has 0 atom stereocenters. The van der Waals surface area contributed by atoms with Crippen LogP contribution in [-0.2, 0) is 0 Å². The van der Waals surface area contributed by atoms with Gasteiger partial charge in [-0.1, -0.05) is 17.9 Å². The van der Waals surface area contributed by atoms with E-state index in [2.05, 4.69) is 11.8 Å². The molecule has 0 aliphatic heterocycles. The van der Waals surface area contributed by atoms with Crippen LogP contribution < -0.4 is 0 Å². The second-order valence-corrected chi connectivity index (χ2v) is 3.40. The van der Waals surface area contributed by atoms with Gasteiger partial charge >= 0.3 is 0 Å². The molecule has 0 aliphatic carbocycles. The van der Waals surface area contributed by atoms with Crippen molar-refractivity contribution < 1.29 is 0 Å². The van der Waals surface area contributed by atoms with Crippen molar-refractivity contribution in [1.29, 1.82) is 0 Å². The van der Waals surface area contributed by atoms with E-state index < -0.39 is 0 Å². The predicted octanol–water partition coefficient (Wildman–Crippen LogP) is 3.12. The maximum atomic E-state index is 5.50. The molecule has 11 heavy (non-hydrogen) atoms. The standard InChI is InChI=1S/C9H9ClS/c10-7-3-1-2-5-9-6-4-8-11-9/h4,6,8H,1,3,7H2. The monoisotopic (exact) mass is 184 g/mol. The first kappa shape index (κ1) is 8.64. The summed E-state index contributed by atoms with van der Waals surface area (Å²) in [6.45, 7) is 0. The van der Waals surface area contributed by atoms with Crippen molar-refractivity contribution in [1.82, 2.24) is 0 Å². The molecule has 0 saturated heterocycles. The number of halogens is 1. The highest BCUT2D eigenvalue weighted by Gasteiger charge is 1.83. The van der Waals surface area contributed by atoms with E-state index in [9.17, 15) is 0 Å². The quantitative estimate of drug-likeness (QED) is 0.377. The van der Waals surface area contributed by atoms with Crippen molar-refractivity contribution in [2.45, 2.75) is 12.8 Å². The molecule has 58 valence electrons. The van der Waals surface area contributed by atoms with E-state index in [0.717, 1.165) is 17.7 Å². The summed E-state index contributed by atoms with van der Waals surface area (Å²) < 4.78 is 0. The number of hydrogen-bond acceptors (Lipinski definition) is 1. The van der Waals surface area contributed by atoms with Crippen LogP contribution in [0.25, 0.3) is 0 Å². The minimum Gasteiger partial charge on any atom is -0.135 e. The Bertz CT molecular complexity index is 240. The fourth-order valence-corrected chi connectivity index (χ4v) is 1.38. The Kier molecular flexibility index (Phi) is 4.11.